The summed E-state index contributed by atoms with van der Waals surface area (Å²) in [6, 6.07) is 12.2. The van der Waals surface area contributed by atoms with Crippen LogP contribution in [0.5, 0.6) is 0 Å². The molecule has 0 unspecified atom stereocenters. The summed E-state index contributed by atoms with van der Waals surface area (Å²) in [5, 5.41) is 0. The van der Waals surface area contributed by atoms with E-state index >= 15 is 0 Å². The molecule has 0 saturated carbocycles. The monoisotopic (exact) mass is 314 g/mol. The quantitative estimate of drug-likeness (QED) is 0.706. The normalized spacial score (nSPS) is 12.0. The molecule has 3 rings (SSSR count). The van der Waals surface area contributed by atoms with Crippen LogP contribution in [0.25, 0.3) is 10.2 Å². The summed E-state index contributed by atoms with van der Waals surface area (Å²) in [4.78, 5) is 17.0. The fourth-order valence-corrected chi connectivity index (χ4v) is 3.50. The van der Waals surface area contributed by atoms with Crippen molar-refractivity contribution in [2.75, 3.05) is 0 Å². The topological polar surface area (TPSA) is 34.4 Å². The predicted octanol–water partition coefficient (Wildman–Crippen LogP) is 3.91. The Morgan fingerprint density at radius 1 is 1.27 bits per heavy atom. The molecule has 3 aromatic rings. The second kappa shape index (κ2) is 5.85. The number of carbonyl (C=O) groups is 1. The number of carbonyl (C=O) groups excluding carboxylic acids is 1. The number of hydrogen-bond donors (Lipinski definition) is 0. The zero-order valence-corrected chi connectivity index (χ0v) is 13.2. The third-order valence-electron chi connectivity index (χ3n) is 3.43. The van der Waals surface area contributed by atoms with E-state index in [9.17, 15) is 9.18 Å². The fourth-order valence-electron chi connectivity index (χ4n) is 2.40. The predicted molar refractivity (Wildman–Crippen MR) is 86.5 cm³/mol. The number of hydrogen-bond acceptors (Lipinski definition) is 2. The van der Waals surface area contributed by atoms with E-state index in [4.69, 9.17) is 0 Å². The van der Waals surface area contributed by atoms with Gasteiger partial charge in [-0.3, -0.25) is 4.79 Å². The molecule has 0 atom stereocenters. The van der Waals surface area contributed by atoms with E-state index in [2.05, 4.69) is 4.99 Å². The second-order valence-corrected chi connectivity index (χ2v) is 6.01. The molecular formula is C17H15FN2OS. The minimum absolute atomic E-state index is 0.292. The minimum Gasteiger partial charge on any atom is -0.314 e. The van der Waals surface area contributed by atoms with Gasteiger partial charge in [-0.15, -0.1) is 0 Å². The highest BCUT2D eigenvalue weighted by atomic mass is 32.1. The third-order valence-corrected chi connectivity index (χ3v) is 4.47. The summed E-state index contributed by atoms with van der Waals surface area (Å²) in [6.07, 6.45) is 0. The van der Waals surface area contributed by atoms with Gasteiger partial charge in [-0.25, -0.2) is 4.39 Å². The highest BCUT2D eigenvalue weighted by Gasteiger charge is 2.11. The number of benzene rings is 2. The number of aromatic nitrogens is 1. The SMILES string of the molecule is CCn1c(=NC(=O)c2cccc(C)c2)sc2cccc(F)c21. The number of para-hydroxylation sites is 1. The molecule has 0 aliphatic rings. The number of aryl methyl sites for hydroxylation is 2. The fraction of sp³-hybridized carbons (Fsp3) is 0.176. The van der Waals surface area contributed by atoms with Crippen LogP contribution in [0.1, 0.15) is 22.8 Å². The standard InChI is InChI=1S/C17H15FN2OS/c1-3-20-15-13(18)8-5-9-14(15)22-17(20)19-16(21)12-7-4-6-11(2)10-12/h4-10H,3H2,1-2H3. The van der Waals surface area contributed by atoms with Crippen LogP contribution in [0, 0.1) is 12.7 Å². The van der Waals surface area contributed by atoms with Gasteiger partial charge in [0.1, 0.15) is 5.82 Å². The van der Waals surface area contributed by atoms with Gasteiger partial charge in [-0.2, -0.15) is 4.99 Å². The number of halogens is 1. The van der Waals surface area contributed by atoms with Crippen LogP contribution in [-0.4, -0.2) is 10.5 Å². The van der Waals surface area contributed by atoms with E-state index in [0.717, 1.165) is 10.3 Å². The van der Waals surface area contributed by atoms with Crippen molar-refractivity contribution in [1.29, 1.82) is 0 Å². The van der Waals surface area contributed by atoms with Gasteiger partial charge in [0.15, 0.2) is 4.80 Å². The highest BCUT2D eigenvalue weighted by Crippen LogP contribution is 2.20. The summed E-state index contributed by atoms with van der Waals surface area (Å²) in [6.45, 7) is 4.40. The van der Waals surface area contributed by atoms with Crippen molar-refractivity contribution >= 4 is 27.5 Å². The highest BCUT2D eigenvalue weighted by molar-refractivity contribution is 7.16. The first-order valence-electron chi connectivity index (χ1n) is 7.03. The van der Waals surface area contributed by atoms with Crippen LogP contribution in [0.4, 0.5) is 4.39 Å². The van der Waals surface area contributed by atoms with E-state index in [-0.39, 0.29) is 11.7 Å². The van der Waals surface area contributed by atoms with Gasteiger partial charge in [0, 0.05) is 12.1 Å². The van der Waals surface area contributed by atoms with Gasteiger partial charge in [0.25, 0.3) is 5.91 Å². The van der Waals surface area contributed by atoms with Crippen molar-refractivity contribution in [2.24, 2.45) is 4.99 Å². The molecule has 1 heterocycles. The molecule has 0 N–H and O–H groups in total. The minimum atomic E-state index is -0.308. The third kappa shape index (κ3) is 2.60. The zero-order chi connectivity index (χ0) is 15.7. The Morgan fingerprint density at radius 2 is 2.05 bits per heavy atom. The molecule has 2 aromatic carbocycles. The second-order valence-electron chi connectivity index (χ2n) is 5.00. The van der Waals surface area contributed by atoms with Crippen molar-refractivity contribution in [3.05, 3.63) is 64.2 Å². The lowest BCUT2D eigenvalue weighted by molar-refractivity contribution is 0.0997. The largest absolute Gasteiger partial charge is 0.314 e. The van der Waals surface area contributed by atoms with E-state index in [1.807, 2.05) is 32.0 Å². The number of nitrogens with zero attached hydrogens (tertiary/aromatic N) is 2. The smallest absolute Gasteiger partial charge is 0.279 e. The molecule has 1 amide bonds. The molecule has 0 aliphatic heterocycles. The molecule has 0 radical (unpaired) electrons. The molecule has 0 saturated heterocycles. The Hall–Kier alpha value is -2.27. The van der Waals surface area contributed by atoms with Gasteiger partial charge < -0.3 is 4.57 Å². The summed E-state index contributed by atoms with van der Waals surface area (Å²) in [7, 11) is 0. The lowest BCUT2D eigenvalue weighted by atomic mass is 10.1. The van der Waals surface area contributed by atoms with Crippen LogP contribution < -0.4 is 4.80 Å². The Kier molecular flexibility index (Phi) is 3.90. The van der Waals surface area contributed by atoms with Crippen molar-refractivity contribution < 1.29 is 9.18 Å². The first-order chi connectivity index (χ1) is 10.6. The van der Waals surface area contributed by atoms with Crippen LogP contribution in [-0.2, 0) is 6.54 Å². The molecule has 3 nitrogen and oxygen atoms in total. The molecule has 22 heavy (non-hydrogen) atoms. The first-order valence-corrected chi connectivity index (χ1v) is 7.85. The van der Waals surface area contributed by atoms with E-state index < -0.39 is 0 Å². The zero-order valence-electron chi connectivity index (χ0n) is 12.3. The summed E-state index contributed by atoms with van der Waals surface area (Å²) < 4.78 is 16.5. The van der Waals surface area contributed by atoms with Crippen molar-refractivity contribution in [3.8, 4) is 0 Å². The number of thiazole rings is 1. The van der Waals surface area contributed by atoms with Crippen LogP contribution >= 0.6 is 11.3 Å². The average molecular weight is 314 g/mol. The van der Waals surface area contributed by atoms with E-state index in [1.165, 1.54) is 17.4 Å². The molecule has 0 spiro atoms. The molecule has 5 heteroatoms. The van der Waals surface area contributed by atoms with Crippen LogP contribution in [0.2, 0.25) is 0 Å². The molecule has 0 bridgehead atoms. The Balaban J connectivity index is 2.17. The molecular weight excluding hydrogens is 299 g/mol. The Morgan fingerprint density at radius 3 is 2.77 bits per heavy atom. The van der Waals surface area contributed by atoms with Gasteiger partial charge in [-0.1, -0.05) is 35.1 Å². The van der Waals surface area contributed by atoms with Crippen molar-refractivity contribution in [3.63, 3.8) is 0 Å². The van der Waals surface area contributed by atoms with Crippen LogP contribution in [0.3, 0.4) is 0 Å². The van der Waals surface area contributed by atoms with Gasteiger partial charge in [0.05, 0.1) is 10.2 Å². The molecule has 0 aliphatic carbocycles. The van der Waals surface area contributed by atoms with Gasteiger partial charge >= 0.3 is 0 Å². The summed E-state index contributed by atoms with van der Waals surface area (Å²) >= 11 is 1.33. The Bertz CT molecular complexity index is 924. The van der Waals surface area contributed by atoms with E-state index in [0.29, 0.717) is 22.4 Å². The maximum Gasteiger partial charge on any atom is 0.279 e. The lowest BCUT2D eigenvalue weighted by Crippen LogP contribution is -2.16. The molecule has 1 aromatic heterocycles. The van der Waals surface area contributed by atoms with Crippen LogP contribution in [0.15, 0.2) is 47.5 Å². The van der Waals surface area contributed by atoms with Gasteiger partial charge in [-0.05, 0) is 38.1 Å². The maximum absolute atomic E-state index is 14.0. The number of amides is 1. The molecule has 112 valence electrons. The summed E-state index contributed by atoms with van der Waals surface area (Å²) in [5.41, 5.74) is 2.05. The Labute approximate surface area is 131 Å². The first kappa shape index (κ1) is 14.7. The maximum atomic E-state index is 14.0. The number of rotatable bonds is 2. The lowest BCUT2D eigenvalue weighted by Gasteiger charge is -2.01. The average Bonchev–Trinajstić information content (AvgIpc) is 2.85. The van der Waals surface area contributed by atoms with E-state index in [1.54, 1.807) is 22.8 Å². The van der Waals surface area contributed by atoms with Crippen molar-refractivity contribution in [1.82, 2.24) is 4.57 Å². The summed E-state index contributed by atoms with van der Waals surface area (Å²) in [5.74, 6) is -0.599. The van der Waals surface area contributed by atoms with Crippen molar-refractivity contribution in [2.45, 2.75) is 20.4 Å². The molecule has 0 fully saturated rings. The van der Waals surface area contributed by atoms with Gasteiger partial charge in [0.2, 0.25) is 0 Å². The number of fused-ring (bicyclic) bond motifs is 1.